The quantitative estimate of drug-likeness (QED) is 0.925. The van der Waals surface area contributed by atoms with Crippen LogP contribution in [0.15, 0.2) is 24.3 Å². The number of carboxylic acids is 1. The molecule has 118 valence electrons. The van der Waals surface area contributed by atoms with Crippen molar-refractivity contribution >= 4 is 11.9 Å². The molecule has 3 rings (SSSR count). The third-order valence-electron chi connectivity index (χ3n) is 4.93. The molecule has 1 aliphatic heterocycles. The molecule has 0 aromatic heterocycles. The maximum Gasteiger partial charge on any atom is 0.311 e. The van der Waals surface area contributed by atoms with Crippen molar-refractivity contribution in [2.24, 2.45) is 11.3 Å². The molecule has 1 amide bonds. The molecule has 1 N–H and O–H groups in total. The van der Waals surface area contributed by atoms with Crippen molar-refractivity contribution in [2.45, 2.75) is 25.7 Å². The molecule has 22 heavy (non-hydrogen) atoms. The minimum absolute atomic E-state index is 0.0109. The summed E-state index contributed by atoms with van der Waals surface area (Å²) in [6, 6.07) is 7.82. The van der Waals surface area contributed by atoms with Crippen molar-refractivity contribution in [3.8, 4) is 5.75 Å². The summed E-state index contributed by atoms with van der Waals surface area (Å²) < 4.78 is 5.22. The highest BCUT2D eigenvalue weighted by Crippen LogP contribution is 2.49. The second kappa shape index (κ2) is 5.30. The van der Waals surface area contributed by atoms with E-state index in [0.29, 0.717) is 19.5 Å². The number of hydrogen-bond acceptors (Lipinski definition) is 3. The number of rotatable bonds is 4. The number of carbonyl (C=O) groups is 2. The Morgan fingerprint density at radius 3 is 2.82 bits per heavy atom. The maximum absolute atomic E-state index is 12.6. The first-order valence-electron chi connectivity index (χ1n) is 7.61. The summed E-state index contributed by atoms with van der Waals surface area (Å²) in [7, 11) is 1.63. The summed E-state index contributed by atoms with van der Waals surface area (Å²) >= 11 is 0. The van der Waals surface area contributed by atoms with Crippen LogP contribution < -0.4 is 4.74 Å². The van der Waals surface area contributed by atoms with Gasteiger partial charge in [0, 0.05) is 19.0 Å². The van der Waals surface area contributed by atoms with Crippen molar-refractivity contribution in [3.05, 3.63) is 29.8 Å². The number of hydrogen-bond donors (Lipinski definition) is 1. The molecule has 1 saturated heterocycles. The highest BCUT2D eigenvalue weighted by molar-refractivity contribution is 5.85. The number of likely N-dealkylation sites (tertiary alicyclic amines) is 1. The lowest BCUT2D eigenvalue weighted by Gasteiger charge is -2.20. The van der Waals surface area contributed by atoms with E-state index in [1.807, 2.05) is 24.3 Å². The van der Waals surface area contributed by atoms with E-state index in [2.05, 4.69) is 0 Å². The van der Waals surface area contributed by atoms with Gasteiger partial charge in [-0.05, 0) is 43.4 Å². The van der Waals surface area contributed by atoms with E-state index in [9.17, 15) is 14.7 Å². The largest absolute Gasteiger partial charge is 0.497 e. The molecule has 0 unspecified atom stereocenters. The Labute approximate surface area is 129 Å². The summed E-state index contributed by atoms with van der Waals surface area (Å²) in [5, 5.41) is 9.26. The first kappa shape index (κ1) is 14.9. The van der Waals surface area contributed by atoms with Crippen molar-refractivity contribution < 1.29 is 19.4 Å². The summed E-state index contributed by atoms with van der Waals surface area (Å²) in [6.07, 6.45) is 1.37. The smallest absolute Gasteiger partial charge is 0.311 e. The van der Waals surface area contributed by atoms with Crippen LogP contribution in [0.3, 0.4) is 0 Å². The number of aliphatic carboxylic acids is 1. The fourth-order valence-corrected chi connectivity index (χ4v) is 3.27. The molecule has 2 fully saturated rings. The lowest BCUT2D eigenvalue weighted by Crippen LogP contribution is -2.35. The monoisotopic (exact) mass is 303 g/mol. The second-order valence-corrected chi connectivity index (χ2v) is 6.60. The van der Waals surface area contributed by atoms with Gasteiger partial charge in [0.05, 0.1) is 12.5 Å². The van der Waals surface area contributed by atoms with E-state index in [-0.39, 0.29) is 17.7 Å². The van der Waals surface area contributed by atoms with E-state index < -0.39 is 11.4 Å². The third-order valence-corrected chi connectivity index (χ3v) is 4.93. The molecule has 1 heterocycles. The maximum atomic E-state index is 12.6. The van der Waals surface area contributed by atoms with Crippen molar-refractivity contribution in [1.82, 2.24) is 4.90 Å². The van der Waals surface area contributed by atoms with Gasteiger partial charge in [0.25, 0.3) is 0 Å². The zero-order chi connectivity index (χ0) is 15.9. The Morgan fingerprint density at radius 1 is 1.41 bits per heavy atom. The number of carbonyl (C=O) groups excluding carboxylic acids is 1. The van der Waals surface area contributed by atoms with Gasteiger partial charge in [-0.1, -0.05) is 12.1 Å². The lowest BCUT2D eigenvalue weighted by atomic mass is 9.90. The Kier molecular flexibility index (Phi) is 3.59. The van der Waals surface area contributed by atoms with Crippen LogP contribution in [-0.4, -0.2) is 42.1 Å². The Morgan fingerprint density at radius 2 is 2.18 bits per heavy atom. The number of nitrogens with zero attached hydrogens (tertiary/aromatic N) is 1. The van der Waals surface area contributed by atoms with Crippen molar-refractivity contribution in [2.75, 3.05) is 20.2 Å². The molecule has 0 bridgehead atoms. The van der Waals surface area contributed by atoms with Crippen LogP contribution in [0, 0.1) is 11.3 Å². The Hall–Kier alpha value is -2.04. The SMILES string of the molecule is COc1cccc([C@@H]2C[C@@H]2C(=O)N2CC[C@](C)(C(=O)O)C2)c1. The van der Waals surface area contributed by atoms with Gasteiger partial charge < -0.3 is 14.7 Å². The first-order valence-corrected chi connectivity index (χ1v) is 7.61. The molecule has 1 aliphatic carbocycles. The van der Waals surface area contributed by atoms with E-state index in [1.54, 1.807) is 18.9 Å². The number of benzene rings is 1. The summed E-state index contributed by atoms with van der Waals surface area (Å²) in [6.45, 7) is 2.58. The van der Waals surface area contributed by atoms with Crippen LogP contribution in [-0.2, 0) is 9.59 Å². The van der Waals surface area contributed by atoms with Gasteiger partial charge >= 0.3 is 5.97 Å². The zero-order valence-electron chi connectivity index (χ0n) is 12.9. The fourth-order valence-electron chi connectivity index (χ4n) is 3.27. The molecule has 1 aromatic rings. The van der Waals surface area contributed by atoms with Crippen LogP contribution in [0.25, 0.3) is 0 Å². The topological polar surface area (TPSA) is 66.8 Å². The number of amides is 1. The van der Waals surface area contributed by atoms with Crippen LogP contribution in [0.4, 0.5) is 0 Å². The minimum atomic E-state index is -0.817. The highest BCUT2D eigenvalue weighted by atomic mass is 16.5. The summed E-state index contributed by atoms with van der Waals surface area (Å²) in [5.41, 5.74) is 0.327. The molecule has 1 aromatic carbocycles. The van der Waals surface area contributed by atoms with Gasteiger partial charge in [0.15, 0.2) is 0 Å². The van der Waals surface area contributed by atoms with Gasteiger partial charge in [-0.25, -0.2) is 0 Å². The van der Waals surface area contributed by atoms with E-state index in [0.717, 1.165) is 17.7 Å². The van der Waals surface area contributed by atoms with Crippen LogP contribution in [0.5, 0.6) is 5.75 Å². The normalized spacial score (nSPS) is 30.2. The Balaban J connectivity index is 1.65. The van der Waals surface area contributed by atoms with Crippen LogP contribution in [0.2, 0.25) is 0 Å². The van der Waals surface area contributed by atoms with E-state index >= 15 is 0 Å². The standard InChI is InChI=1S/C17H21NO4/c1-17(16(20)21)6-7-18(10-17)15(19)14-9-13(14)11-4-3-5-12(8-11)22-2/h3-5,8,13-14H,6-7,9-10H2,1-2H3,(H,20,21)/t13-,14-,17-/m0/s1. The molecule has 3 atom stereocenters. The molecule has 5 heteroatoms. The summed E-state index contributed by atoms with van der Waals surface area (Å²) in [5.74, 6) is 0.304. The number of carboxylic acid groups (broad SMARTS) is 1. The van der Waals surface area contributed by atoms with Crippen LogP contribution in [0.1, 0.15) is 31.2 Å². The average molecular weight is 303 g/mol. The Bertz CT molecular complexity index is 614. The van der Waals surface area contributed by atoms with Crippen molar-refractivity contribution in [3.63, 3.8) is 0 Å². The van der Waals surface area contributed by atoms with Gasteiger partial charge in [0.1, 0.15) is 5.75 Å². The predicted molar refractivity (Wildman–Crippen MR) is 80.8 cm³/mol. The van der Waals surface area contributed by atoms with Gasteiger partial charge in [-0.15, -0.1) is 0 Å². The molecule has 1 saturated carbocycles. The average Bonchev–Trinajstić information content (AvgIpc) is 3.22. The molecular weight excluding hydrogens is 282 g/mol. The van der Waals surface area contributed by atoms with Gasteiger partial charge in [-0.3, -0.25) is 9.59 Å². The molecule has 5 nitrogen and oxygen atoms in total. The molecule has 0 spiro atoms. The molecule has 0 radical (unpaired) electrons. The third kappa shape index (κ3) is 2.56. The first-order chi connectivity index (χ1) is 10.4. The number of ether oxygens (including phenoxy) is 1. The van der Waals surface area contributed by atoms with Crippen molar-refractivity contribution in [1.29, 1.82) is 0 Å². The lowest BCUT2D eigenvalue weighted by molar-refractivity contribution is -0.147. The number of methoxy groups -OCH3 is 1. The van der Waals surface area contributed by atoms with E-state index in [4.69, 9.17) is 4.74 Å². The van der Waals surface area contributed by atoms with Gasteiger partial charge in [0.2, 0.25) is 5.91 Å². The predicted octanol–water partition coefficient (Wildman–Crippen LogP) is 2.12. The molecule has 2 aliphatic rings. The minimum Gasteiger partial charge on any atom is -0.497 e. The van der Waals surface area contributed by atoms with Gasteiger partial charge in [-0.2, -0.15) is 0 Å². The van der Waals surface area contributed by atoms with E-state index in [1.165, 1.54) is 0 Å². The summed E-state index contributed by atoms with van der Waals surface area (Å²) in [4.78, 5) is 25.6. The fraction of sp³-hybridized carbons (Fsp3) is 0.529. The zero-order valence-corrected chi connectivity index (χ0v) is 12.9. The highest BCUT2D eigenvalue weighted by Gasteiger charge is 2.49. The second-order valence-electron chi connectivity index (χ2n) is 6.60. The molecular formula is C17H21NO4. The van der Waals surface area contributed by atoms with Crippen LogP contribution >= 0.6 is 0 Å².